The van der Waals surface area contributed by atoms with E-state index in [0.29, 0.717) is 5.56 Å². The third kappa shape index (κ3) is 4.90. The lowest BCUT2D eigenvalue weighted by molar-refractivity contribution is 0.598. The van der Waals surface area contributed by atoms with Gasteiger partial charge in [0.05, 0.1) is 9.79 Å². The Bertz CT molecular complexity index is 1260. The standard InChI is InChI=1S/C21H16BrNO3S2/c1-17-7-11-21(12-8-17)28(25,26)23-27(24,20-13-9-19(22)10-14-20)16-15-18-5-3-2-4-6-18/h2-14H,1H3. The zero-order valence-corrected chi connectivity index (χ0v) is 18.1. The number of nitrogens with zero attached hydrogens (tertiary/aromatic N) is 1. The van der Waals surface area contributed by atoms with E-state index in [-0.39, 0.29) is 9.79 Å². The molecule has 0 heterocycles. The van der Waals surface area contributed by atoms with Gasteiger partial charge in [-0.15, -0.1) is 0 Å². The Morgan fingerprint density at radius 1 is 0.786 bits per heavy atom. The first-order valence-electron chi connectivity index (χ1n) is 8.22. The Balaban J connectivity index is 2.20. The molecule has 0 aromatic heterocycles. The van der Waals surface area contributed by atoms with Crippen molar-refractivity contribution in [2.75, 3.05) is 0 Å². The van der Waals surface area contributed by atoms with Gasteiger partial charge in [0.1, 0.15) is 0 Å². The lowest BCUT2D eigenvalue weighted by Crippen LogP contribution is -2.05. The number of benzene rings is 3. The predicted octanol–water partition coefficient (Wildman–Crippen LogP) is 4.98. The second kappa shape index (κ2) is 8.31. The average molecular weight is 474 g/mol. The maximum atomic E-state index is 13.6. The van der Waals surface area contributed by atoms with Crippen LogP contribution in [0.15, 0.2) is 96.9 Å². The van der Waals surface area contributed by atoms with Crippen LogP contribution in [-0.4, -0.2) is 12.6 Å². The quantitative estimate of drug-likeness (QED) is 0.503. The second-order valence-corrected chi connectivity index (χ2v) is 10.6. The van der Waals surface area contributed by atoms with E-state index >= 15 is 0 Å². The number of aryl methyl sites for hydroxylation is 1. The van der Waals surface area contributed by atoms with Gasteiger partial charge in [0.2, 0.25) is 0 Å². The number of halogens is 1. The lowest BCUT2D eigenvalue weighted by atomic mass is 10.2. The summed E-state index contributed by atoms with van der Waals surface area (Å²) in [5, 5.41) is 2.60. The zero-order valence-electron chi connectivity index (χ0n) is 14.9. The van der Waals surface area contributed by atoms with Crippen LogP contribution in [0.25, 0.3) is 0 Å². The molecule has 0 bridgehead atoms. The molecular formula is C21H16BrNO3S2. The predicted molar refractivity (Wildman–Crippen MR) is 115 cm³/mol. The summed E-state index contributed by atoms with van der Waals surface area (Å²) in [4.78, 5) is 0.208. The van der Waals surface area contributed by atoms with E-state index in [2.05, 4.69) is 30.9 Å². The molecular weight excluding hydrogens is 458 g/mol. The molecule has 142 valence electrons. The molecule has 1 atom stereocenters. The first kappa shape index (κ1) is 20.3. The highest BCUT2D eigenvalue weighted by Gasteiger charge is 2.19. The molecule has 0 saturated carbocycles. The SMILES string of the molecule is Cc1ccc(S(=O)(=O)N=S(=O)(C#Cc2ccccc2)c2ccc(Br)cc2)cc1. The van der Waals surface area contributed by atoms with Crippen molar-refractivity contribution in [1.82, 2.24) is 0 Å². The maximum Gasteiger partial charge on any atom is 0.291 e. The van der Waals surface area contributed by atoms with Crippen LogP contribution in [0.3, 0.4) is 0 Å². The Morgan fingerprint density at radius 2 is 1.36 bits per heavy atom. The van der Waals surface area contributed by atoms with Crippen LogP contribution in [0.5, 0.6) is 0 Å². The molecule has 0 aliphatic heterocycles. The summed E-state index contributed by atoms with van der Waals surface area (Å²) in [5.74, 6) is 2.79. The molecule has 1 unspecified atom stereocenters. The van der Waals surface area contributed by atoms with Crippen LogP contribution in [-0.2, 0) is 19.8 Å². The van der Waals surface area contributed by atoms with Crippen LogP contribution in [0.2, 0.25) is 0 Å². The van der Waals surface area contributed by atoms with Crippen LogP contribution in [0, 0.1) is 18.1 Å². The summed E-state index contributed by atoms with van der Waals surface area (Å²) in [5.41, 5.74) is 1.53. The summed E-state index contributed by atoms with van der Waals surface area (Å²) in [6.45, 7) is 1.85. The summed E-state index contributed by atoms with van der Waals surface area (Å²) in [6.07, 6.45) is 0. The highest BCUT2D eigenvalue weighted by atomic mass is 79.9. The van der Waals surface area contributed by atoms with Crippen molar-refractivity contribution in [2.45, 2.75) is 16.7 Å². The van der Waals surface area contributed by atoms with Gasteiger partial charge in [-0.1, -0.05) is 61.5 Å². The maximum absolute atomic E-state index is 13.6. The third-order valence-corrected chi connectivity index (χ3v) is 8.07. The van der Waals surface area contributed by atoms with Gasteiger partial charge < -0.3 is 0 Å². The largest absolute Gasteiger partial charge is 0.291 e. The number of rotatable bonds is 3. The molecule has 0 spiro atoms. The monoisotopic (exact) mass is 473 g/mol. The molecule has 0 aliphatic rings. The summed E-state index contributed by atoms with van der Waals surface area (Å²) >= 11 is 3.32. The van der Waals surface area contributed by atoms with Gasteiger partial charge in [0, 0.05) is 15.3 Å². The van der Waals surface area contributed by atoms with E-state index in [1.165, 1.54) is 12.1 Å². The minimum absolute atomic E-state index is 0.0237. The Labute approximate surface area is 174 Å². The van der Waals surface area contributed by atoms with E-state index in [1.807, 2.05) is 13.0 Å². The normalized spacial score (nSPS) is 13.1. The topological polar surface area (TPSA) is 63.6 Å². The Kier molecular flexibility index (Phi) is 6.04. The minimum atomic E-state index is -4.16. The first-order chi connectivity index (χ1) is 13.3. The highest BCUT2D eigenvalue weighted by Crippen LogP contribution is 2.22. The molecule has 0 saturated heterocycles. The van der Waals surface area contributed by atoms with Crippen LogP contribution in [0.1, 0.15) is 11.1 Å². The van der Waals surface area contributed by atoms with E-state index in [4.69, 9.17) is 0 Å². The number of hydrogen-bond donors (Lipinski definition) is 0. The molecule has 3 aromatic carbocycles. The van der Waals surface area contributed by atoms with Gasteiger partial charge in [-0.05, 0) is 55.5 Å². The molecule has 3 aromatic rings. The van der Waals surface area contributed by atoms with Crippen molar-refractivity contribution in [3.05, 3.63) is 94.5 Å². The van der Waals surface area contributed by atoms with Gasteiger partial charge >= 0.3 is 0 Å². The van der Waals surface area contributed by atoms with Crippen LogP contribution >= 0.6 is 15.9 Å². The van der Waals surface area contributed by atoms with E-state index < -0.39 is 19.8 Å². The van der Waals surface area contributed by atoms with Gasteiger partial charge in [0.15, 0.2) is 9.73 Å². The molecule has 4 nitrogen and oxygen atoms in total. The fourth-order valence-electron chi connectivity index (χ4n) is 2.28. The molecule has 0 radical (unpaired) electrons. The Hall–Kier alpha value is -2.40. The van der Waals surface area contributed by atoms with Gasteiger partial charge in [-0.3, -0.25) is 0 Å². The van der Waals surface area contributed by atoms with Gasteiger partial charge in [0.25, 0.3) is 10.0 Å². The summed E-state index contributed by atoms with van der Waals surface area (Å²) in [6, 6.07) is 21.6. The molecule has 0 fully saturated rings. The van der Waals surface area contributed by atoms with E-state index in [0.717, 1.165) is 10.0 Å². The van der Waals surface area contributed by atoms with Crippen molar-refractivity contribution in [1.29, 1.82) is 0 Å². The van der Waals surface area contributed by atoms with Crippen LogP contribution < -0.4 is 0 Å². The van der Waals surface area contributed by atoms with Crippen molar-refractivity contribution >= 4 is 35.7 Å². The molecule has 0 N–H and O–H groups in total. The fourth-order valence-corrected chi connectivity index (χ4v) is 5.85. The minimum Gasteiger partial charge on any atom is -0.230 e. The number of hydrogen-bond acceptors (Lipinski definition) is 3. The molecule has 7 heteroatoms. The summed E-state index contributed by atoms with van der Waals surface area (Å²) in [7, 11) is -7.71. The lowest BCUT2D eigenvalue weighted by Gasteiger charge is -2.05. The molecule has 3 rings (SSSR count). The first-order valence-corrected chi connectivity index (χ1v) is 12.0. The van der Waals surface area contributed by atoms with Gasteiger partial charge in [-0.25, -0.2) is 4.21 Å². The molecule has 0 amide bonds. The molecule has 28 heavy (non-hydrogen) atoms. The third-order valence-electron chi connectivity index (χ3n) is 3.76. The van der Waals surface area contributed by atoms with E-state index in [1.54, 1.807) is 60.7 Å². The smallest absolute Gasteiger partial charge is 0.230 e. The fraction of sp³-hybridized carbons (Fsp3) is 0.0476. The van der Waals surface area contributed by atoms with E-state index in [9.17, 15) is 12.6 Å². The second-order valence-electron chi connectivity index (χ2n) is 5.94. The Morgan fingerprint density at radius 3 is 1.96 bits per heavy atom. The van der Waals surface area contributed by atoms with Crippen molar-refractivity contribution in [2.24, 2.45) is 3.77 Å². The molecule has 0 aliphatic carbocycles. The van der Waals surface area contributed by atoms with Crippen molar-refractivity contribution in [3.8, 4) is 11.2 Å². The average Bonchev–Trinajstić information content (AvgIpc) is 2.68. The van der Waals surface area contributed by atoms with Crippen molar-refractivity contribution < 1.29 is 12.6 Å². The number of sulfonamides is 1. The van der Waals surface area contributed by atoms with Crippen LogP contribution in [0.4, 0.5) is 0 Å². The highest BCUT2D eigenvalue weighted by molar-refractivity contribution is 9.10. The zero-order chi connectivity index (χ0) is 20.2. The van der Waals surface area contributed by atoms with Gasteiger partial charge in [-0.2, -0.15) is 8.42 Å². The van der Waals surface area contributed by atoms with Crippen molar-refractivity contribution in [3.63, 3.8) is 0 Å². The summed E-state index contributed by atoms with van der Waals surface area (Å²) < 4.78 is 43.7.